The normalized spacial score (nSPS) is 10.2. The molecule has 2 rings (SSSR count). The van der Waals surface area contributed by atoms with Gasteiger partial charge in [0.2, 0.25) is 0 Å². The largest absolute Gasteiger partial charge is 0.497 e. The zero-order valence-electron chi connectivity index (χ0n) is 9.56. The highest BCUT2D eigenvalue weighted by molar-refractivity contribution is 6.35. The molecule has 2 radical (unpaired) electrons. The molecule has 4 nitrogen and oxygen atoms in total. The fourth-order valence-electron chi connectivity index (χ4n) is 1.65. The molecule has 17 heavy (non-hydrogen) atoms. The molecule has 0 aliphatic rings. The highest BCUT2D eigenvalue weighted by Gasteiger charge is 2.12. The average molecular weight is 227 g/mol. The van der Waals surface area contributed by atoms with E-state index in [1.165, 1.54) is 14.2 Å². The number of carbonyl (C=O) groups is 1. The van der Waals surface area contributed by atoms with Gasteiger partial charge in [-0.15, -0.1) is 0 Å². The van der Waals surface area contributed by atoms with E-state index in [-0.39, 0.29) is 0 Å². The summed E-state index contributed by atoms with van der Waals surface area (Å²) in [6.45, 7) is 0. The van der Waals surface area contributed by atoms with Gasteiger partial charge < -0.3 is 9.47 Å². The molecule has 0 unspecified atom stereocenters. The van der Waals surface area contributed by atoms with Gasteiger partial charge in [0.1, 0.15) is 13.6 Å². The standard InChI is InChI=1S/C12H10BNO3/c1-16-11-6-10-8(5-9(11)13)7(3-4-14-10)12(15)17-2/h3-6H,1-2H3. The van der Waals surface area contributed by atoms with Crippen LogP contribution >= 0.6 is 0 Å². The first-order valence-corrected chi connectivity index (χ1v) is 4.98. The van der Waals surface area contributed by atoms with E-state index in [9.17, 15) is 4.79 Å². The predicted molar refractivity (Wildman–Crippen MR) is 65.0 cm³/mol. The van der Waals surface area contributed by atoms with Gasteiger partial charge in [0.15, 0.2) is 0 Å². The number of methoxy groups -OCH3 is 2. The van der Waals surface area contributed by atoms with Gasteiger partial charge >= 0.3 is 5.97 Å². The highest BCUT2D eigenvalue weighted by Crippen LogP contribution is 2.20. The predicted octanol–water partition coefficient (Wildman–Crippen LogP) is 0.824. The minimum absolute atomic E-state index is 0.415. The van der Waals surface area contributed by atoms with E-state index in [1.54, 1.807) is 24.4 Å². The van der Waals surface area contributed by atoms with Crippen LogP contribution in [-0.2, 0) is 4.74 Å². The maximum absolute atomic E-state index is 11.6. The van der Waals surface area contributed by atoms with Crippen LogP contribution in [0.2, 0.25) is 0 Å². The minimum atomic E-state index is -0.415. The molecular formula is C12H10BNO3. The Balaban J connectivity index is 2.72. The van der Waals surface area contributed by atoms with Crippen molar-refractivity contribution in [3.8, 4) is 5.75 Å². The van der Waals surface area contributed by atoms with Gasteiger partial charge in [0.05, 0.1) is 25.3 Å². The number of hydrogen-bond donors (Lipinski definition) is 0. The van der Waals surface area contributed by atoms with Crippen molar-refractivity contribution in [2.24, 2.45) is 0 Å². The maximum atomic E-state index is 11.6. The number of carbonyl (C=O) groups excluding carboxylic acids is 1. The Bertz CT molecular complexity index is 583. The van der Waals surface area contributed by atoms with Crippen LogP contribution < -0.4 is 10.2 Å². The van der Waals surface area contributed by atoms with Crippen molar-refractivity contribution in [1.82, 2.24) is 4.98 Å². The molecule has 0 amide bonds. The summed E-state index contributed by atoms with van der Waals surface area (Å²) in [7, 11) is 8.67. The Morgan fingerprint density at radius 2 is 2.12 bits per heavy atom. The van der Waals surface area contributed by atoms with Crippen LogP contribution in [0.3, 0.4) is 0 Å². The van der Waals surface area contributed by atoms with E-state index in [2.05, 4.69) is 4.98 Å². The Kier molecular flexibility index (Phi) is 3.00. The Morgan fingerprint density at radius 3 is 2.76 bits per heavy atom. The van der Waals surface area contributed by atoms with E-state index >= 15 is 0 Å². The van der Waals surface area contributed by atoms with Gasteiger partial charge in [0, 0.05) is 17.6 Å². The van der Waals surface area contributed by atoms with Crippen LogP contribution in [0.25, 0.3) is 10.9 Å². The molecule has 0 N–H and O–H groups in total. The summed E-state index contributed by atoms with van der Waals surface area (Å²) in [4.78, 5) is 15.7. The molecule has 0 aliphatic carbocycles. The van der Waals surface area contributed by atoms with Crippen molar-refractivity contribution in [2.45, 2.75) is 0 Å². The molecule has 84 valence electrons. The molecule has 5 heteroatoms. The van der Waals surface area contributed by atoms with Crippen molar-refractivity contribution >= 4 is 30.2 Å². The second-order valence-corrected chi connectivity index (χ2v) is 3.46. The van der Waals surface area contributed by atoms with E-state index in [1.807, 2.05) is 0 Å². The van der Waals surface area contributed by atoms with Crippen molar-refractivity contribution in [3.05, 3.63) is 30.0 Å². The first-order valence-electron chi connectivity index (χ1n) is 4.98. The first kappa shape index (κ1) is 11.5. The van der Waals surface area contributed by atoms with Crippen LogP contribution in [0.4, 0.5) is 0 Å². The summed E-state index contributed by atoms with van der Waals surface area (Å²) >= 11 is 0. The Morgan fingerprint density at radius 1 is 1.35 bits per heavy atom. The number of aromatic nitrogens is 1. The maximum Gasteiger partial charge on any atom is 0.338 e. The van der Waals surface area contributed by atoms with Gasteiger partial charge in [-0.05, 0) is 6.07 Å². The number of fused-ring (bicyclic) bond motifs is 1. The third-order valence-corrected chi connectivity index (χ3v) is 2.50. The molecule has 2 aromatic rings. The van der Waals surface area contributed by atoms with Crippen LogP contribution in [0.1, 0.15) is 10.4 Å². The lowest BCUT2D eigenvalue weighted by molar-refractivity contribution is 0.0603. The molecule has 0 fully saturated rings. The zero-order chi connectivity index (χ0) is 12.4. The molecule has 0 spiro atoms. The molecule has 0 aliphatic heterocycles. The summed E-state index contributed by atoms with van der Waals surface area (Å²) in [5.74, 6) is 0.119. The summed E-state index contributed by atoms with van der Waals surface area (Å²) < 4.78 is 9.80. The van der Waals surface area contributed by atoms with Gasteiger partial charge in [-0.1, -0.05) is 11.5 Å². The number of nitrogens with zero attached hydrogens (tertiary/aromatic N) is 1. The number of pyridine rings is 1. The lowest BCUT2D eigenvalue weighted by Gasteiger charge is -2.09. The fraction of sp³-hybridized carbons (Fsp3) is 0.167. The quantitative estimate of drug-likeness (QED) is 0.563. The number of rotatable bonds is 2. The number of benzene rings is 1. The lowest BCUT2D eigenvalue weighted by atomic mass is 9.92. The molecule has 1 heterocycles. The van der Waals surface area contributed by atoms with Crippen molar-refractivity contribution < 1.29 is 14.3 Å². The second-order valence-electron chi connectivity index (χ2n) is 3.46. The van der Waals surface area contributed by atoms with Crippen LogP contribution in [0, 0.1) is 0 Å². The van der Waals surface area contributed by atoms with Crippen LogP contribution in [0.5, 0.6) is 5.75 Å². The molecule has 0 bridgehead atoms. The third-order valence-electron chi connectivity index (χ3n) is 2.50. The smallest absolute Gasteiger partial charge is 0.338 e. The molecule has 1 aromatic heterocycles. The molecule has 1 aromatic carbocycles. The summed E-state index contributed by atoms with van der Waals surface area (Å²) in [5.41, 5.74) is 1.53. The van der Waals surface area contributed by atoms with Crippen LogP contribution in [-0.4, -0.2) is 33.0 Å². The minimum Gasteiger partial charge on any atom is -0.497 e. The molecule has 0 saturated heterocycles. The van der Waals surface area contributed by atoms with E-state index in [0.29, 0.717) is 27.7 Å². The van der Waals surface area contributed by atoms with Gasteiger partial charge in [-0.25, -0.2) is 4.79 Å². The van der Waals surface area contributed by atoms with Gasteiger partial charge in [-0.3, -0.25) is 4.98 Å². The monoisotopic (exact) mass is 227 g/mol. The van der Waals surface area contributed by atoms with Crippen LogP contribution in [0.15, 0.2) is 24.4 Å². The van der Waals surface area contributed by atoms with E-state index < -0.39 is 5.97 Å². The second kappa shape index (κ2) is 4.45. The van der Waals surface area contributed by atoms with Crippen molar-refractivity contribution in [1.29, 1.82) is 0 Å². The number of esters is 1. The summed E-state index contributed by atoms with van der Waals surface area (Å²) in [6.07, 6.45) is 1.55. The first-order chi connectivity index (χ1) is 8.17. The van der Waals surface area contributed by atoms with Crippen molar-refractivity contribution in [2.75, 3.05) is 14.2 Å². The van der Waals surface area contributed by atoms with Gasteiger partial charge in [0.25, 0.3) is 0 Å². The SMILES string of the molecule is [B]c1cc2c(C(=O)OC)ccnc2cc1OC. The molecular weight excluding hydrogens is 217 g/mol. The van der Waals surface area contributed by atoms with Gasteiger partial charge in [-0.2, -0.15) is 0 Å². The lowest BCUT2D eigenvalue weighted by Crippen LogP contribution is -2.09. The highest BCUT2D eigenvalue weighted by atomic mass is 16.5. The molecule has 0 saturated carbocycles. The summed E-state index contributed by atoms with van der Waals surface area (Å²) in [6, 6.07) is 4.95. The number of hydrogen-bond acceptors (Lipinski definition) is 4. The molecule has 0 atom stereocenters. The number of ether oxygens (including phenoxy) is 2. The summed E-state index contributed by atoms with van der Waals surface area (Å²) in [5, 5.41) is 0.651. The van der Waals surface area contributed by atoms with Crippen molar-refractivity contribution in [3.63, 3.8) is 0 Å². The Labute approximate surface area is 100.0 Å². The Hall–Kier alpha value is -2.04. The average Bonchev–Trinajstić information content (AvgIpc) is 2.36. The fourth-order valence-corrected chi connectivity index (χ4v) is 1.65. The van der Waals surface area contributed by atoms with E-state index in [4.69, 9.17) is 17.3 Å². The van der Waals surface area contributed by atoms with E-state index in [0.717, 1.165) is 0 Å². The topological polar surface area (TPSA) is 48.4 Å². The zero-order valence-corrected chi connectivity index (χ0v) is 9.56. The third kappa shape index (κ3) is 1.96.